The molecule has 0 atom stereocenters. The fourth-order valence-electron chi connectivity index (χ4n) is 2.29. The van der Waals surface area contributed by atoms with Crippen LogP contribution in [0.15, 0.2) is 60.8 Å². The van der Waals surface area contributed by atoms with Crippen molar-refractivity contribution in [3.63, 3.8) is 0 Å². The lowest BCUT2D eigenvalue weighted by atomic mass is 10.1. The van der Waals surface area contributed by atoms with E-state index < -0.39 is 0 Å². The molecule has 122 valence electrons. The van der Waals surface area contributed by atoms with Crippen LogP contribution in [0.25, 0.3) is 0 Å². The van der Waals surface area contributed by atoms with Gasteiger partial charge in [-0.2, -0.15) is 0 Å². The van der Waals surface area contributed by atoms with Gasteiger partial charge in [0.1, 0.15) is 0 Å². The van der Waals surface area contributed by atoms with Crippen LogP contribution in [-0.2, 0) is 6.54 Å². The number of hydrogen-bond acceptors (Lipinski definition) is 4. The standard InChI is InChI=1S/C18H18N4O2/c1-24-17-10-11-22(21-17)12-13-6-8-14(9-7-13)18(23)20-16-5-3-2-4-15(16)19/h2-11H,12,19H2,1H3,(H,20,23). The van der Waals surface area contributed by atoms with Gasteiger partial charge in [-0.1, -0.05) is 24.3 Å². The minimum atomic E-state index is -0.194. The van der Waals surface area contributed by atoms with Gasteiger partial charge in [-0.15, -0.1) is 5.10 Å². The summed E-state index contributed by atoms with van der Waals surface area (Å²) in [6.07, 6.45) is 1.84. The normalized spacial score (nSPS) is 10.4. The summed E-state index contributed by atoms with van der Waals surface area (Å²) in [4.78, 5) is 12.3. The first-order chi connectivity index (χ1) is 11.7. The van der Waals surface area contributed by atoms with Gasteiger partial charge in [0.25, 0.3) is 5.91 Å². The van der Waals surface area contributed by atoms with Crippen molar-refractivity contribution >= 4 is 17.3 Å². The molecule has 3 aromatic rings. The number of para-hydroxylation sites is 2. The summed E-state index contributed by atoms with van der Waals surface area (Å²) in [5, 5.41) is 7.06. The Kier molecular flexibility index (Phi) is 4.47. The molecule has 3 rings (SSSR count). The number of methoxy groups -OCH3 is 1. The van der Waals surface area contributed by atoms with Gasteiger partial charge in [0.2, 0.25) is 5.88 Å². The Morgan fingerprint density at radius 2 is 1.92 bits per heavy atom. The third-order valence-corrected chi connectivity index (χ3v) is 3.60. The Balaban J connectivity index is 1.67. The maximum absolute atomic E-state index is 12.3. The summed E-state index contributed by atoms with van der Waals surface area (Å²) in [5.41, 5.74) is 8.59. The first kappa shape index (κ1) is 15.6. The molecule has 0 bridgehead atoms. The molecular weight excluding hydrogens is 304 g/mol. The quantitative estimate of drug-likeness (QED) is 0.708. The number of nitrogens with two attached hydrogens (primary N) is 1. The summed E-state index contributed by atoms with van der Waals surface area (Å²) in [6.45, 7) is 0.608. The summed E-state index contributed by atoms with van der Waals surface area (Å²) in [7, 11) is 1.58. The lowest BCUT2D eigenvalue weighted by molar-refractivity contribution is 0.102. The Hall–Kier alpha value is -3.28. The summed E-state index contributed by atoms with van der Waals surface area (Å²) in [6, 6.07) is 16.3. The number of nitrogens with zero attached hydrogens (tertiary/aromatic N) is 2. The molecule has 0 saturated carbocycles. The van der Waals surface area contributed by atoms with Gasteiger partial charge in [0.15, 0.2) is 0 Å². The first-order valence-corrected chi connectivity index (χ1v) is 7.48. The molecule has 0 fully saturated rings. The Morgan fingerprint density at radius 1 is 1.17 bits per heavy atom. The highest BCUT2D eigenvalue weighted by Crippen LogP contribution is 2.18. The van der Waals surface area contributed by atoms with E-state index in [-0.39, 0.29) is 5.91 Å². The number of hydrogen-bond donors (Lipinski definition) is 2. The SMILES string of the molecule is COc1ccn(Cc2ccc(C(=O)Nc3ccccc3N)cc2)n1. The molecule has 6 nitrogen and oxygen atoms in total. The van der Waals surface area contributed by atoms with Crippen molar-refractivity contribution in [2.24, 2.45) is 0 Å². The fourth-order valence-corrected chi connectivity index (χ4v) is 2.29. The number of nitrogen functional groups attached to an aromatic ring is 1. The molecule has 0 saturated heterocycles. The average molecular weight is 322 g/mol. The molecule has 1 heterocycles. The van der Waals surface area contributed by atoms with Crippen LogP contribution < -0.4 is 15.8 Å². The van der Waals surface area contributed by atoms with Crippen molar-refractivity contribution in [3.05, 3.63) is 71.9 Å². The van der Waals surface area contributed by atoms with Crippen LogP contribution in [0.5, 0.6) is 5.88 Å². The van der Waals surface area contributed by atoms with Crippen LogP contribution in [0.4, 0.5) is 11.4 Å². The summed E-state index contributed by atoms with van der Waals surface area (Å²) >= 11 is 0. The second-order valence-electron chi connectivity index (χ2n) is 5.29. The number of aromatic nitrogens is 2. The molecule has 2 aromatic carbocycles. The lowest BCUT2D eigenvalue weighted by Gasteiger charge is -2.08. The van der Waals surface area contributed by atoms with Crippen LogP contribution in [0.1, 0.15) is 15.9 Å². The van der Waals surface area contributed by atoms with E-state index in [4.69, 9.17) is 10.5 Å². The number of benzene rings is 2. The van der Waals surface area contributed by atoms with E-state index in [1.165, 1.54) is 0 Å². The maximum Gasteiger partial charge on any atom is 0.255 e. The highest BCUT2D eigenvalue weighted by molar-refractivity contribution is 6.05. The maximum atomic E-state index is 12.3. The highest BCUT2D eigenvalue weighted by Gasteiger charge is 2.08. The van der Waals surface area contributed by atoms with Gasteiger partial charge >= 0.3 is 0 Å². The van der Waals surface area contributed by atoms with Gasteiger partial charge in [-0.25, -0.2) is 0 Å². The lowest BCUT2D eigenvalue weighted by Crippen LogP contribution is -2.13. The van der Waals surface area contributed by atoms with E-state index in [0.29, 0.717) is 29.4 Å². The van der Waals surface area contributed by atoms with Crippen LogP contribution in [0.3, 0.4) is 0 Å². The van der Waals surface area contributed by atoms with E-state index in [2.05, 4.69) is 10.4 Å². The molecule has 0 unspecified atom stereocenters. The van der Waals surface area contributed by atoms with E-state index in [1.807, 2.05) is 30.5 Å². The fraction of sp³-hybridized carbons (Fsp3) is 0.111. The van der Waals surface area contributed by atoms with Crippen molar-refractivity contribution in [1.82, 2.24) is 9.78 Å². The molecule has 3 N–H and O–H groups in total. The van der Waals surface area contributed by atoms with Crippen molar-refractivity contribution < 1.29 is 9.53 Å². The molecule has 0 aliphatic carbocycles. The number of carbonyl (C=O) groups is 1. The molecular formula is C18H18N4O2. The van der Waals surface area contributed by atoms with E-state index in [1.54, 1.807) is 42.1 Å². The average Bonchev–Trinajstić information content (AvgIpc) is 3.05. The van der Waals surface area contributed by atoms with Crippen LogP contribution in [0.2, 0.25) is 0 Å². The predicted octanol–water partition coefficient (Wildman–Crippen LogP) is 2.77. The van der Waals surface area contributed by atoms with Crippen LogP contribution in [-0.4, -0.2) is 22.8 Å². The Labute approximate surface area is 139 Å². The molecule has 0 radical (unpaired) electrons. The van der Waals surface area contributed by atoms with Gasteiger partial charge in [-0.3, -0.25) is 9.48 Å². The zero-order valence-electron chi connectivity index (χ0n) is 13.3. The van der Waals surface area contributed by atoms with Crippen LogP contribution >= 0.6 is 0 Å². The van der Waals surface area contributed by atoms with Crippen molar-refractivity contribution in [2.45, 2.75) is 6.54 Å². The van der Waals surface area contributed by atoms with E-state index in [9.17, 15) is 4.79 Å². The summed E-state index contributed by atoms with van der Waals surface area (Å²) in [5.74, 6) is 0.381. The number of carbonyl (C=O) groups excluding carboxylic acids is 1. The third kappa shape index (κ3) is 3.55. The van der Waals surface area contributed by atoms with Crippen molar-refractivity contribution in [3.8, 4) is 5.88 Å². The topological polar surface area (TPSA) is 82.2 Å². The van der Waals surface area contributed by atoms with E-state index in [0.717, 1.165) is 5.56 Å². The largest absolute Gasteiger partial charge is 0.480 e. The van der Waals surface area contributed by atoms with E-state index >= 15 is 0 Å². The second kappa shape index (κ2) is 6.87. The Bertz CT molecular complexity index is 840. The number of rotatable bonds is 5. The second-order valence-corrected chi connectivity index (χ2v) is 5.29. The van der Waals surface area contributed by atoms with Gasteiger partial charge in [-0.05, 0) is 29.8 Å². The zero-order valence-corrected chi connectivity index (χ0v) is 13.3. The molecule has 0 aliphatic rings. The molecule has 1 aromatic heterocycles. The predicted molar refractivity (Wildman–Crippen MR) is 93.1 cm³/mol. The van der Waals surface area contributed by atoms with Crippen molar-refractivity contribution in [2.75, 3.05) is 18.2 Å². The zero-order chi connectivity index (χ0) is 16.9. The van der Waals surface area contributed by atoms with Gasteiger partial charge in [0, 0.05) is 17.8 Å². The van der Waals surface area contributed by atoms with Crippen LogP contribution in [0, 0.1) is 0 Å². The molecule has 24 heavy (non-hydrogen) atoms. The first-order valence-electron chi connectivity index (χ1n) is 7.48. The van der Waals surface area contributed by atoms with Crippen molar-refractivity contribution in [1.29, 1.82) is 0 Å². The Morgan fingerprint density at radius 3 is 2.58 bits per heavy atom. The summed E-state index contributed by atoms with van der Waals surface area (Å²) < 4.78 is 6.83. The van der Waals surface area contributed by atoms with Gasteiger partial charge < -0.3 is 15.8 Å². The number of amides is 1. The number of anilines is 2. The monoisotopic (exact) mass is 322 g/mol. The smallest absolute Gasteiger partial charge is 0.255 e. The highest BCUT2D eigenvalue weighted by atomic mass is 16.5. The molecule has 0 spiro atoms. The number of ether oxygens (including phenoxy) is 1. The third-order valence-electron chi connectivity index (χ3n) is 3.60. The minimum absolute atomic E-state index is 0.194. The molecule has 1 amide bonds. The molecule has 0 aliphatic heterocycles. The molecule has 6 heteroatoms. The van der Waals surface area contributed by atoms with Gasteiger partial charge in [0.05, 0.1) is 25.0 Å². The number of nitrogens with one attached hydrogen (secondary N) is 1. The minimum Gasteiger partial charge on any atom is -0.480 e.